The van der Waals surface area contributed by atoms with Crippen LogP contribution in [0, 0.1) is 17.1 Å². The maximum atomic E-state index is 14.1. The van der Waals surface area contributed by atoms with Crippen molar-refractivity contribution >= 4 is 11.6 Å². The van der Waals surface area contributed by atoms with Crippen molar-refractivity contribution in [2.45, 2.75) is 6.18 Å². The Bertz CT molecular complexity index is 807. The standard InChI is InChI=1S/C16H13F4N5/c17-12-3-1-2-11(10-21)14(12)24-6-8-25(9-7-24)15-22-5-4-13(23-15)16(18,19)20/h1-5H,6-9H2. The summed E-state index contributed by atoms with van der Waals surface area (Å²) in [6.07, 6.45) is -3.46. The first-order valence-electron chi connectivity index (χ1n) is 7.49. The zero-order chi connectivity index (χ0) is 18.0. The van der Waals surface area contributed by atoms with E-state index in [4.69, 9.17) is 5.26 Å². The van der Waals surface area contributed by atoms with E-state index in [1.54, 1.807) is 9.80 Å². The van der Waals surface area contributed by atoms with Crippen molar-refractivity contribution in [2.24, 2.45) is 0 Å². The highest BCUT2D eigenvalue weighted by atomic mass is 19.4. The summed E-state index contributed by atoms with van der Waals surface area (Å²) in [5, 5.41) is 9.13. The minimum absolute atomic E-state index is 0.0106. The van der Waals surface area contributed by atoms with E-state index >= 15 is 0 Å². The van der Waals surface area contributed by atoms with E-state index in [0.29, 0.717) is 26.2 Å². The number of nitriles is 1. The van der Waals surface area contributed by atoms with E-state index in [2.05, 4.69) is 9.97 Å². The number of alkyl halides is 3. The Balaban J connectivity index is 1.76. The highest BCUT2D eigenvalue weighted by molar-refractivity contribution is 5.61. The van der Waals surface area contributed by atoms with Gasteiger partial charge < -0.3 is 9.80 Å². The van der Waals surface area contributed by atoms with Crippen LogP contribution in [0.3, 0.4) is 0 Å². The molecule has 1 aliphatic heterocycles. The van der Waals surface area contributed by atoms with Crippen molar-refractivity contribution in [3.05, 3.63) is 47.5 Å². The van der Waals surface area contributed by atoms with Gasteiger partial charge in [0.25, 0.3) is 0 Å². The first kappa shape index (κ1) is 17.0. The molecule has 1 saturated heterocycles. The van der Waals surface area contributed by atoms with Gasteiger partial charge in [-0.3, -0.25) is 0 Å². The molecule has 0 unspecified atom stereocenters. The summed E-state index contributed by atoms with van der Waals surface area (Å²) in [6, 6.07) is 7.04. The lowest BCUT2D eigenvalue weighted by Gasteiger charge is -2.36. The summed E-state index contributed by atoms with van der Waals surface area (Å²) in [7, 11) is 0. The molecule has 1 aromatic heterocycles. The molecule has 2 aromatic rings. The van der Waals surface area contributed by atoms with Gasteiger partial charge in [0.2, 0.25) is 5.95 Å². The number of halogens is 4. The Kier molecular flexibility index (Phi) is 4.44. The summed E-state index contributed by atoms with van der Waals surface area (Å²) in [6.45, 7) is 1.32. The van der Waals surface area contributed by atoms with E-state index in [-0.39, 0.29) is 17.2 Å². The maximum absolute atomic E-state index is 14.1. The van der Waals surface area contributed by atoms with Crippen LogP contribution < -0.4 is 9.80 Å². The highest BCUT2D eigenvalue weighted by Gasteiger charge is 2.33. The van der Waals surface area contributed by atoms with Crippen molar-refractivity contribution in [1.29, 1.82) is 5.26 Å². The molecule has 2 heterocycles. The van der Waals surface area contributed by atoms with Gasteiger partial charge in [-0.2, -0.15) is 18.4 Å². The minimum Gasteiger partial charge on any atom is -0.365 e. The number of para-hydroxylation sites is 1. The lowest BCUT2D eigenvalue weighted by molar-refractivity contribution is -0.141. The van der Waals surface area contributed by atoms with Crippen molar-refractivity contribution in [3.63, 3.8) is 0 Å². The monoisotopic (exact) mass is 351 g/mol. The van der Waals surface area contributed by atoms with E-state index in [9.17, 15) is 17.6 Å². The third kappa shape index (κ3) is 3.47. The molecule has 0 radical (unpaired) electrons. The van der Waals surface area contributed by atoms with Crippen molar-refractivity contribution in [2.75, 3.05) is 36.0 Å². The summed E-state index contributed by atoms with van der Waals surface area (Å²) < 4.78 is 52.3. The molecule has 0 bridgehead atoms. The first-order valence-corrected chi connectivity index (χ1v) is 7.49. The number of nitrogens with zero attached hydrogens (tertiary/aromatic N) is 5. The summed E-state index contributed by atoms with van der Waals surface area (Å²) in [5.41, 5.74) is -0.556. The average molecular weight is 351 g/mol. The summed E-state index contributed by atoms with van der Waals surface area (Å²) in [5.74, 6) is -0.508. The molecule has 0 aliphatic carbocycles. The smallest absolute Gasteiger partial charge is 0.365 e. The predicted molar refractivity (Wildman–Crippen MR) is 82.6 cm³/mol. The second-order valence-corrected chi connectivity index (χ2v) is 5.46. The zero-order valence-corrected chi connectivity index (χ0v) is 13.0. The van der Waals surface area contributed by atoms with Crippen LogP contribution >= 0.6 is 0 Å². The van der Waals surface area contributed by atoms with Crippen LogP contribution in [-0.2, 0) is 6.18 Å². The Morgan fingerprint density at radius 1 is 1.04 bits per heavy atom. The Morgan fingerprint density at radius 3 is 2.36 bits per heavy atom. The van der Waals surface area contributed by atoms with Gasteiger partial charge in [-0.1, -0.05) is 6.07 Å². The van der Waals surface area contributed by atoms with Gasteiger partial charge >= 0.3 is 6.18 Å². The van der Waals surface area contributed by atoms with Gasteiger partial charge in [0, 0.05) is 32.4 Å². The first-order chi connectivity index (χ1) is 11.9. The van der Waals surface area contributed by atoms with E-state index in [1.165, 1.54) is 18.2 Å². The average Bonchev–Trinajstić information content (AvgIpc) is 2.61. The molecule has 0 amide bonds. The molecular weight excluding hydrogens is 338 g/mol. The van der Waals surface area contributed by atoms with E-state index < -0.39 is 17.7 Å². The molecule has 1 aromatic carbocycles. The third-order valence-electron chi connectivity index (χ3n) is 3.92. The lowest BCUT2D eigenvalue weighted by Crippen LogP contribution is -2.47. The zero-order valence-electron chi connectivity index (χ0n) is 13.0. The number of hydrogen-bond donors (Lipinski definition) is 0. The maximum Gasteiger partial charge on any atom is 0.433 e. The van der Waals surface area contributed by atoms with Crippen molar-refractivity contribution in [3.8, 4) is 6.07 Å². The minimum atomic E-state index is -4.53. The number of rotatable bonds is 2. The van der Waals surface area contributed by atoms with Crippen LogP contribution in [0.2, 0.25) is 0 Å². The van der Waals surface area contributed by atoms with Gasteiger partial charge in [0.15, 0.2) is 0 Å². The molecule has 0 N–H and O–H groups in total. The molecule has 9 heteroatoms. The Morgan fingerprint density at radius 2 is 1.72 bits per heavy atom. The molecule has 0 atom stereocenters. The van der Waals surface area contributed by atoms with Crippen LogP contribution in [0.15, 0.2) is 30.5 Å². The van der Waals surface area contributed by atoms with Crippen LogP contribution in [0.1, 0.15) is 11.3 Å². The van der Waals surface area contributed by atoms with Gasteiger partial charge in [0.1, 0.15) is 17.6 Å². The lowest BCUT2D eigenvalue weighted by atomic mass is 10.1. The SMILES string of the molecule is N#Cc1cccc(F)c1N1CCN(c2nccc(C(F)(F)F)n2)CC1. The van der Waals surface area contributed by atoms with Gasteiger partial charge in [-0.15, -0.1) is 0 Å². The number of benzene rings is 1. The Labute approximate surface area is 141 Å². The molecular formula is C16H13F4N5. The number of piperazine rings is 1. The molecule has 130 valence electrons. The number of hydrogen-bond acceptors (Lipinski definition) is 5. The quantitative estimate of drug-likeness (QED) is 0.779. The van der Waals surface area contributed by atoms with Crippen molar-refractivity contribution in [1.82, 2.24) is 9.97 Å². The molecule has 1 fully saturated rings. The van der Waals surface area contributed by atoms with Gasteiger partial charge in [-0.05, 0) is 18.2 Å². The fraction of sp³-hybridized carbons (Fsp3) is 0.312. The molecule has 0 saturated carbocycles. The number of anilines is 2. The largest absolute Gasteiger partial charge is 0.433 e. The van der Waals surface area contributed by atoms with Gasteiger partial charge in [-0.25, -0.2) is 14.4 Å². The fourth-order valence-electron chi connectivity index (χ4n) is 2.72. The molecule has 5 nitrogen and oxygen atoms in total. The third-order valence-corrected chi connectivity index (χ3v) is 3.92. The van der Waals surface area contributed by atoms with Crippen LogP contribution in [-0.4, -0.2) is 36.1 Å². The topological polar surface area (TPSA) is 56.1 Å². The highest BCUT2D eigenvalue weighted by Crippen LogP contribution is 2.29. The van der Waals surface area contributed by atoms with Crippen LogP contribution in [0.4, 0.5) is 29.2 Å². The van der Waals surface area contributed by atoms with Crippen molar-refractivity contribution < 1.29 is 17.6 Å². The second kappa shape index (κ2) is 6.55. The van der Waals surface area contributed by atoms with E-state index in [0.717, 1.165) is 12.3 Å². The molecule has 0 spiro atoms. The summed E-state index contributed by atoms with van der Waals surface area (Å²) >= 11 is 0. The normalized spacial score (nSPS) is 15.2. The van der Waals surface area contributed by atoms with Crippen LogP contribution in [0.25, 0.3) is 0 Å². The number of aromatic nitrogens is 2. The van der Waals surface area contributed by atoms with Gasteiger partial charge in [0.05, 0.1) is 11.3 Å². The Hall–Kier alpha value is -2.89. The predicted octanol–water partition coefficient (Wildman–Crippen LogP) is 2.83. The summed E-state index contributed by atoms with van der Waals surface area (Å²) in [4.78, 5) is 10.8. The molecule has 25 heavy (non-hydrogen) atoms. The fourth-order valence-corrected chi connectivity index (χ4v) is 2.72. The van der Waals surface area contributed by atoms with Crippen LogP contribution in [0.5, 0.6) is 0 Å². The van der Waals surface area contributed by atoms with E-state index in [1.807, 2.05) is 6.07 Å². The molecule has 1 aliphatic rings. The second-order valence-electron chi connectivity index (χ2n) is 5.46. The molecule has 3 rings (SSSR count).